The predicted octanol–water partition coefficient (Wildman–Crippen LogP) is 3.64. The highest BCUT2D eigenvalue weighted by Gasteiger charge is 2.22. The summed E-state index contributed by atoms with van der Waals surface area (Å²) < 4.78 is 0. The van der Waals surface area contributed by atoms with Crippen LogP contribution >= 0.6 is 0 Å². The normalized spacial score (nSPS) is 10.5. The second-order valence-electron chi connectivity index (χ2n) is 4.53. The maximum Gasteiger partial charge on any atom is 0.220 e. The van der Waals surface area contributed by atoms with E-state index < -0.39 is 0 Å². The van der Waals surface area contributed by atoms with E-state index >= 15 is 0 Å². The molecular weight excluding hydrogens is 234 g/mol. The second kappa shape index (κ2) is 6.19. The van der Waals surface area contributed by atoms with Crippen molar-refractivity contribution < 1.29 is 4.79 Å². The van der Waals surface area contributed by atoms with Crippen LogP contribution in [0.1, 0.15) is 31.0 Å². The first-order chi connectivity index (χ1) is 9.24. The first kappa shape index (κ1) is 13.3. The van der Waals surface area contributed by atoms with Crippen LogP contribution in [0.4, 0.5) is 0 Å². The predicted molar refractivity (Wildman–Crippen MR) is 77.8 cm³/mol. The maximum atomic E-state index is 11.9. The second-order valence-corrected chi connectivity index (χ2v) is 4.53. The van der Waals surface area contributed by atoms with E-state index in [1.54, 1.807) is 6.92 Å². The minimum absolute atomic E-state index is 0.00935. The van der Waals surface area contributed by atoms with Gasteiger partial charge in [-0.1, -0.05) is 60.7 Å². The van der Waals surface area contributed by atoms with Gasteiger partial charge in [-0.3, -0.25) is 4.79 Å². The monoisotopic (exact) mass is 253 g/mol. The van der Waals surface area contributed by atoms with Crippen molar-refractivity contribution in [1.82, 2.24) is 4.90 Å². The van der Waals surface area contributed by atoms with Crippen molar-refractivity contribution in [3.63, 3.8) is 0 Å². The van der Waals surface area contributed by atoms with Crippen LogP contribution in [0.3, 0.4) is 0 Å². The Bertz CT molecular complexity index is 482. The fourth-order valence-electron chi connectivity index (χ4n) is 2.41. The van der Waals surface area contributed by atoms with E-state index in [2.05, 4.69) is 24.3 Å². The molecule has 0 bridgehead atoms. The van der Waals surface area contributed by atoms with E-state index in [1.165, 1.54) is 0 Å². The molecule has 0 spiro atoms. The SMILES string of the molecule is CCN(C(C)=O)C(c1ccccc1)c1ccccc1. The highest BCUT2D eigenvalue weighted by atomic mass is 16.2. The van der Waals surface area contributed by atoms with E-state index in [1.807, 2.05) is 48.2 Å². The van der Waals surface area contributed by atoms with Gasteiger partial charge in [-0.05, 0) is 18.1 Å². The van der Waals surface area contributed by atoms with Crippen molar-refractivity contribution in [2.75, 3.05) is 6.54 Å². The van der Waals surface area contributed by atoms with Gasteiger partial charge in [0, 0.05) is 13.5 Å². The van der Waals surface area contributed by atoms with Gasteiger partial charge in [-0.15, -0.1) is 0 Å². The molecule has 0 aliphatic carbocycles. The van der Waals surface area contributed by atoms with Gasteiger partial charge in [0.15, 0.2) is 0 Å². The lowest BCUT2D eigenvalue weighted by Crippen LogP contribution is -2.33. The summed E-state index contributed by atoms with van der Waals surface area (Å²) >= 11 is 0. The number of carbonyl (C=O) groups is 1. The Kier molecular flexibility index (Phi) is 4.35. The van der Waals surface area contributed by atoms with Gasteiger partial charge in [-0.25, -0.2) is 0 Å². The van der Waals surface area contributed by atoms with Crippen molar-refractivity contribution in [2.24, 2.45) is 0 Å². The van der Waals surface area contributed by atoms with Gasteiger partial charge in [0.2, 0.25) is 5.91 Å². The summed E-state index contributed by atoms with van der Waals surface area (Å²) in [6.07, 6.45) is 0. The molecule has 2 aromatic rings. The molecule has 0 saturated carbocycles. The van der Waals surface area contributed by atoms with Crippen LogP contribution in [-0.2, 0) is 4.79 Å². The number of nitrogens with zero attached hydrogens (tertiary/aromatic N) is 1. The van der Waals surface area contributed by atoms with Gasteiger partial charge in [0.1, 0.15) is 0 Å². The van der Waals surface area contributed by atoms with Crippen molar-refractivity contribution >= 4 is 5.91 Å². The minimum atomic E-state index is -0.00935. The van der Waals surface area contributed by atoms with E-state index in [0.717, 1.165) is 11.1 Å². The van der Waals surface area contributed by atoms with Crippen LogP contribution in [-0.4, -0.2) is 17.4 Å². The molecule has 0 radical (unpaired) electrons. The van der Waals surface area contributed by atoms with Gasteiger partial charge in [0.25, 0.3) is 0 Å². The lowest BCUT2D eigenvalue weighted by atomic mass is 9.97. The first-order valence-electron chi connectivity index (χ1n) is 6.61. The largest absolute Gasteiger partial charge is 0.332 e. The molecule has 2 nitrogen and oxygen atoms in total. The number of carbonyl (C=O) groups excluding carboxylic acids is 1. The molecule has 0 N–H and O–H groups in total. The molecule has 0 saturated heterocycles. The molecule has 0 heterocycles. The quantitative estimate of drug-likeness (QED) is 0.814. The molecule has 0 unspecified atom stereocenters. The van der Waals surface area contributed by atoms with Gasteiger partial charge < -0.3 is 4.90 Å². The summed E-state index contributed by atoms with van der Waals surface area (Å²) in [4.78, 5) is 13.8. The Labute approximate surface area is 114 Å². The average molecular weight is 253 g/mol. The van der Waals surface area contributed by atoms with Crippen LogP contribution in [0.15, 0.2) is 60.7 Å². The van der Waals surface area contributed by atoms with Crippen molar-refractivity contribution in [3.05, 3.63) is 71.8 Å². The highest BCUT2D eigenvalue weighted by Crippen LogP contribution is 2.28. The Hall–Kier alpha value is -2.09. The van der Waals surface area contributed by atoms with Crippen LogP contribution < -0.4 is 0 Å². The summed E-state index contributed by atoms with van der Waals surface area (Å²) in [6, 6.07) is 20.3. The van der Waals surface area contributed by atoms with E-state index in [0.29, 0.717) is 6.54 Å². The zero-order chi connectivity index (χ0) is 13.7. The molecule has 0 aliphatic rings. The van der Waals surface area contributed by atoms with Gasteiger partial charge in [-0.2, -0.15) is 0 Å². The molecule has 2 aromatic carbocycles. The molecule has 19 heavy (non-hydrogen) atoms. The minimum Gasteiger partial charge on any atom is -0.332 e. The summed E-state index contributed by atoms with van der Waals surface area (Å²) in [6.45, 7) is 4.34. The molecule has 0 fully saturated rings. The van der Waals surface area contributed by atoms with E-state index in [4.69, 9.17) is 0 Å². The van der Waals surface area contributed by atoms with Crippen LogP contribution in [0, 0.1) is 0 Å². The maximum absolute atomic E-state index is 11.9. The van der Waals surface area contributed by atoms with E-state index in [-0.39, 0.29) is 11.9 Å². The molecule has 1 amide bonds. The molecule has 98 valence electrons. The standard InChI is InChI=1S/C17H19NO/c1-3-18(14(2)19)17(15-10-6-4-7-11-15)16-12-8-5-9-13-16/h4-13,17H,3H2,1-2H3. The Balaban J connectivity index is 2.48. The van der Waals surface area contributed by atoms with Gasteiger partial charge >= 0.3 is 0 Å². The van der Waals surface area contributed by atoms with Crippen molar-refractivity contribution in [1.29, 1.82) is 0 Å². The zero-order valence-corrected chi connectivity index (χ0v) is 11.4. The van der Waals surface area contributed by atoms with Crippen LogP contribution in [0.2, 0.25) is 0 Å². The molecule has 0 atom stereocenters. The molecule has 0 aliphatic heterocycles. The molecule has 2 heteroatoms. The summed E-state index contributed by atoms with van der Waals surface area (Å²) in [5.41, 5.74) is 2.29. The molecular formula is C17H19NO. The van der Waals surface area contributed by atoms with Crippen molar-refractivity contribution in [3.8, 4) is 0 Å². The fourth-order valence-corrected chi connectivity index (χ4v) is 2.41. The molecule has 2 rings (SSSR count). The zero-order valence-electron chi connectivity index (χ0n) is 11.4. The Morgan fingerprint density at radius 1 is 0.947 bits per heavy atom. The Morgan fingerprint density at radius 2 is 1.37 bits per heavy atom. The third-order valence-electron chi connectivity index (χ3n) is 3.29. The molecule has 0 aromatic heterocycles. The first-order valence-corrected chi connectivity index (χ1v) is 6.61. The smallest absolute Gasteiger partial charge is 0.220 e. The summed E-state index contributed by atoms with van der Waals surface area (Å²) in [5, 5.41) is 0. The number of amides is 1. The van der Waals surface area contributed by atoms with Crippen LogP contribution in [0.25, 0.3) is 0 Å². The number of benzene rings is 2. The average Bonchev–Trinajstić information content (AvgIpc) is 2.46. The summed E-state index contributed by atoms with van der Waals surface area (Å²) in [7, 11) is 0. The number of hydrogen-bond acceptors (Lipinski definition) is 1. The number of hydrogen-bond donors (Lipinski definition) is 0. The van der Waals surface area contributed by atoms with Crippen molar-refractivity contribution in [2.45, 2.75) is 19.9 Å². The third-order valence-corrected chi connectivity index (χ3v) is 3.29. The fraction of sp³-hybridized carbons (Fsp3) is 0.235. The van der Waals surface area contributed by atoms with E-state index in [9.17, 15) is 4.79 Å². The number of rotatable bonds is 4. The van der Waals surface area contributed by atoms with Gasteiger partial charge in [0.05, 0.1) is 6.04 Å². The lowest BCUT2D eigenvalue weighted by Gasteiger charge is -2.30. The lowest BCUT2D eigenvalue weighted by molar-refractivity contribution is -0.130. The Morgan fingerprint density at radius 3 is 1.68 bits per heavy atom. The van der Waals surface area contributed by atoms with Crippen LogP contribution in [0.5, 0.6) is 0 Å². The summed E-state index contributed by atoms with van der Waals surface area (Å²) in [5.74, 6) is 0.0974. The topological polar surface area (TPSA) is 20.3 Å². The highest BCUT2D eigenvalue weighted by molar-refractivity contribution is 5.74. The third kappa shape index (κ3) is 3.02.